The molecule has 0 amide bonds. The molecule has 5 heteroatoms. The van der Waals surface area contributed by atoms with E-state index in [2.05, 4.69) is 4.98 Å². The van der Waals surface area contributed by atoms with Crippen LogP contribution in [0.5, 0.6) is 0 Å². The van der Waals surface area contributed by atoms with Gasteiger partial charge in [-0.1, -0.05) is 6.92 Å². The van der Waals surface area contributed by atoms with Crippen LogP contribution >= 0.6 is 0 Å². The van der Waals surface area contributed by atoms with Crippen molar-refractivity contribution in [3.05, 3.63) is 23.5 Å². The maximum atomic E-state index is 11.2. The van der Waals surface area contributed by atoms with Crippen LogP contribution in [0.15, 0.2) is 12.3 Å². The Kier molecular flexibility index (Phi) is 3.52. The topological polar surface area (TPSA) is 73.7 Å². The van der Waals surface area contributed by atoms with Gasteiger partial charge in [-0.15, -0.1) is 0 Å². The number of anilines is 1. The molecule has 1 saturated heterocycles. The van der Waals surface area contributed by atoms with Crippen molar-refractivity contribution in [2.45, 2.75) is 26.4 Å². The number of aryl methyl sites for hydroxylation is 1. The van der Waals surface area contributed by atoms with E-state index in [9.17, 15) is 15.0 Å². The Hall–Kier alpha value is -1.62. The van der Waals surface area contributed by atoms with Crippen LogP contribution in [0.3, 0.4) is 0 Å². The van der Waals surface area contributed by atoms with Gasteiger partial charge in [-0.3, -0.25) is 4.98 Å². The number of carboxylic acids is 1. The molecule has 1 fully saturated rings. The van der Waals surface area contributed by atoms with E-state index in [0.717, 1.165) is 18.7 Å². The normalized spacial score (nSPS) is 24.1. The quantitative estimate of drug-likeness (QED) is 0.827. The number of carboxylic acid groups (broad SMARTS) is 1. The summed E-state index contributed by atoms with van der Waals surface area (Å²) in [5.74, 6) is -0.719. The number of pyridine rings is 1. The fourth-order valence-corrected chi connectivity index (χ4v) is 2.24. The molecule has 0 saturated carbocycles. The average molecular weight is 250 g/mol. The smallest absolute Gasteiger partial charge is 0.339 e. The summed E-state index contributed by atoms with van der Waals surface area (Å²) in [6.07, 6.45) is 1.84. The highest BCUT2D eigenvalue weighted by Crippen LogP contribution is 2.26. The molecule has 0 radical (unpaired) electrons. The second-order valence-electron chi connectivity index (χ2n) is 4.93. The van der Waals surface area contributed by atoms with Gasteiger partial charge < -0.3 is 15.1 Å². The van der Waals surface area contributed by atoms with Gasteiger partial charge in [0, 0.05) is 25.0 Å². The third kappa shape index (κ3) is 2.46. The number of aromatic carboxylic acids is 1. The van der Waals surface area contributed by atoms with Gasteiger partial charge in [0.05, 0.1) is 11.8 Å². The summed E-state index contributed by atoms with van der Waals surface area (Å²) in [4.78, 5) is 17.1. The summed E-state index contributed by atoms with van der Waals surface area (Å²) in [6.45, 7) is 5.09. The zero-order valence-corrected chi connectivity index (χ0v) is 10.6. The number of hydrogen-bond acceptors (Lipinski definition) is 4. The molecule has 5 nitrogen and oxygen atoms in total. The fraction of sp³-hybridized carbons (Fsp3) is 0.538. The summed E-state index contributed by atoms with van der Waals surface area (Å²) in [7, 11) is 0. The molecule has 2 heterocycles. The maximum absolute atomic E-state index is 11.2. The van der Waals surface area contributed by atoms with Crippen molar-refractivity contribution in [3.8, 4) is 0 Å². The zero-order chi connectivity index (χ0) is 13.3. The summed E-state index contributed by atoms with van der Waals surface area (Å²) in [5, 5.41) is 19.1. The van der Waals surface area contributed by atoms with Crippen LogP contribution in [-0.2, 0) is 0 Å². The number of piperidine rings is 1. The standard InChI is InChI=1S/C13H18N2O3/c1-8-3-4-15(7-12(8)16)11-5-9(2)14-6-10(11)13(17)18/h5-6,8,12,16H,3-4,7H2,1-2H3,(H,17,18). The third-order valence-electron chi connectivity index (χ3n) is 3.51. The van der Waals surface area contributed by atoms with Crippen LogP contribution in [0.25, 0.3) is 0 Å². The van der Waals surface area contributed by atoms with E-state index in [1.165, 1.54) is 6.20 Å². The van der Waals surface area contributed by atoms with Gasteiger partial charge in [0.1, 0.15) is 5.56 Å². The predicted octanol–water partition coefficient (Wildman–Crippen LogP) is 1.30. The van der Waals surface area contributed by atoms with Gasteiger partial charge in [0.15, 0.2) is 0 Å². The lowest BCUT2D eigenvalue weighted by atomic mass is 9.95. The fourth-order valence-electron chi connectivity index (χ4n) is 2.24. The van der Waals surface area contributed by atoms with Crippen LogP contribution in [0, 0.1) is 12.8 Å². The molecule has 0 spiro atoms. The van der Waals surface area contributed by atoms with Gasteiger partial charge in [-0.05, 0) is 25.3 Å². The first-order valence-electron chi connectivity index (χ1n) is 6.12. The number of aromatic nitrogens is 1. The van der Waals surface area contributed by atoms with Crippen LogP contribution in [-0.4, -0.2) is 40.4 Å². The van der Waals surface area contributed by atoms with Gasteiger partial charge in [0.25, 0.3) is 0 Å². The molecule has 1 aliphatic rings. The second-order valence-corrected chi connectivity index (χ2v) is 4.93. The van der Waals surface area contributed by atoms with Crippen LogP contribution in [0.4, 0.5) is 5.69 Å². The molecule has 1 aromatic heterocycles. The maximum Gasteiger partial charge on any atom is 0.339 e. The molecule has 1 aromatic rings. The Morgan fingerprint density at radius 2 is 2.28 bits per heavy atom. The van der Waals surface area contributed by atoms with Gasteiger partial charge in [-0.2, -0.15) is 0 Å². The molecular formula is C13H18N2O3. The van der Waals surface area contributed by atoms with E-state index < -0.39 is 12.1 Å². The Morgan fingerprint density at radius 3 is 2.89 bits per heavy atom. The lowest BCUT2D eigenvalue weighted by molar-refractivity contribution is 0.0695. The first kappa shape index (κ1) is 12.8. The highest BCUT2D eigenvalue weighted by molar-refractivity contribution is 5.94. The van der Waals surface area contributed by atoms with Crippen molar-refractivity contribution in [1.29, 1.82) is 0 Å². The van der Waals surface area contributed by atoms with Crippen molar-refractivity contribution >= 4 is 11.7 Å². The molecular weight excluding hydrogens is 232 g/mol. The van der Waals surface area contributed by atoms with Crippen molar-refractivity contribution in [2.75, 3.05) is 18.0 Å². The minimum absolute atomic E-state index is 0.197. The van der Waals surface area contributed by atoms with E-state index in [4.69, 9.17) is 0 Å². The number of carbonyl (C=O) groups is 1. The molecule has 2 atom stereocenters. The number of nitrogens with zero attached hydrogens (tertiary/aromatic N) is 2. The van der Waals surface area contributed by atoms with Gasteiger partial charge in [-0.25, -0.2) is 4.79 Å². The van der Waals surface area contributed by atoms with Crippen molar-refractivity contribution < 1.29 is 15.0 Å². The summed E-state index contributed by atoms with van der Waals surface area (Å²) < 4.78 is 0. The highest BCUT2D eigenvalue weighted by atomic mass is 16.4. The third-order valence-corrected chi connectivity index (χ3v) is 3.51. The number of β-amino-alcohol motifs (C(OH)–C–C–N with tert-alkyl or cyclic N) is 1. The lowest BCUT2D eigenvalue weighted by Crippen LogP contribution is -2.43. The largest absolute Gasteiger partial charge is 0.478 e. The summed E-state index contributed by atoms with van der Waals surface area (Å²) in [5.41, 5.74) is 1.63. The van der Waals surface area contributed by atoms with E-state index in [1.807, 2.05) is 18.7 Å². The van der Waals surface area contributed by atoms with Crippen molar-refractivity contribution in [1.82, 2.24) is 4.98 Å². The average Bonchev–Trinajstić information content (AvgIpc) is 2.32. The van der Waals surface area contributed by atoms with Gasteiger partial charge in [0.2, 0.25) is 0 Å². The number of rotatable bonds is 2. The minimum atomic E-state index is -0.981. The molecule has 18 heavy (non-hydrogen) atoms. The van der Waals surface area contributed by atoms with Crippen LogP contribution < -0.4 is 4.90 Å². The molecule has 2 N–H and O–H groups in total. The summed E-state index contributed by atoms with van der Waals surface area (Å²) >= 11 is 0. The molecule has 0 aliphatic carbocycles. The molecule has 1 aliphatic heterocycles. The zero-order valence-electron chi connectivity index (χ0n) is 10.6. The Bertz CT molecular complexity index is 462. The first-order chi connectivity index (χ1) is 8.49. The predicted molar refractivity (Wildman–Crippen MR) is 67.9 cm³/mol. The van der Waals surface area contributed by atoms with Crippen LogP contribution in [0.1, 0.15) is 29.4 Å². The lowest BCUT2D eigenvalue weighted by Gasteiger charge is -2.36. The Balaban J connectivity index is 2.32. The number of hydrogen-bond donors (Lipinski definition) is 2. The first-order valence-corrected chi connectivity index (χ1v) is 6.12. The van der Waals surface area contributed by atoms with E-state index in [-0.39, 0.29) is 11.5 Å². The van der Waals surface area contributed by atoms with E-state index in [1.54, 1.807) is 6.07 Å². The van der Waals surface area contributed by atoms with Crippen molar-refractivity contribution in [2.24, 2.45) is 5.92 Å². The number of aliphatic hydroxyl groups is 1. The van der Waals surface area contributed by atoms with E-state index in [0.29, 0.717) is 12.2 Å². The van der Waals surface area contributed by atoms with Crippen LogP contribution in [0.2, 0.25) is 0 Å². The van der Waals surface area contributed by atoms with E-state index >= 15 is 0 Å². The molecule has 0 bridgehead atoms. The minimum Gasteiger partial charge on any atom is -0.478 e. The second kappa shape index (κ2) is 4.94. The highest BCUT2D eigenvalue weighted by Gasteiger charge is 2.27. The molecule has 2 unspecified atom stereocenters. The molecule has 98 valence electrons. The van der Waals surface area contributed by atoms with Gasteiger partial charge >= 0.3 is 5.97 Å². The monoisotopic (exact) mass is 250 g/mol. The SMILES string of the molecule is Cc1cc(N2CCC(C)C(O)C2)c(C(=O)O)cn1. The Morgan fingerprint density at radius 1 is 1.56 bits per heavy atom. The molecule has 2 rings (SSSR count). The summed E-state index contributed by atoms with van der Waals surface area (Å²) in [6, 6.07) is 1.77. The molecule has 0 aromatic carbocycles. The Labute approximate surface area is 106 Å². The van der Waals surface area contributed by atoms with Crippen molar-refractivity contribution in [3.63, 3.8) is 0 Å². The number of aliphatic hydroxyl groups excluding tert-OH is 1.